The van der Waals surface area contributed by atoms with E-state index in [1.807, 2.05) is 36.4 Å². The maximum atomic E-state index is 6.55. The lowest BCUT2D eigenvalue weighted by Crippen LogP contribution is -2.05. The molecule has 0 atom stereocenters. The molecular formula is C30H36Cl2N4O4. The van der Waals surface area contributed by atoms with E-state index in [9.17, 15) is 0 Å². The van der Waals surface area contributed by atoms with E-state index in [-0.39, 0.29) is 0 Å². The third kappa shape index (κ3) is 6.85. The summed E-state index contributed by atoms with van der Waals surface area (Å²) >= 11 is 13.1. The van der Waals surface area contributed by atoms with E-state index < -0.39 is 0 Å². The van der Waals surface area contributed by atoms with E-state index in [2.05, 4.69) is 10.6 Å². The van der Waals surface area contributed by atoms with Gasteiger partial charge in [0.2, 0.25) is 0 Å². The van der Waals surface area contributed by atoms with Gasteiger partial charge >= 0.3 is 0 Å². The normalized spacial score (nSPS) is 11.1. The van der Waals surface area contributed by atoms with E-state index in [4.69, 9.17) is 52.1 Å². The molecule has 2 aromatic carbocycles. The summed E-state index contributed by atoms with van der Waals surface area (Å²) in [5.74, 6) is 4.13. The fourth-order valence-electron chi connectivity index (χ4n) is 4.72. The number of benzene rings is 2. The summed E-state index contributed by atoms with van der Waals surface area (Å²) in [4.78, 5) is 9.43. The van der Waals surface area contributed by atoms with Crippen molar-refractivity contribution >= 4 is 56.6 Å². The quantitative estimate of drug-likeness (QED) is 0.135. The van der Waals surface area contributed by atoms with Crippen LogP contribution in [0.2, 0.25) is 10.0 Å². The topological polar surface area (TPSA) is 86.8 Å². The Morgan fingerprint density at radius 1 is 0.550 bits per heavy atom. The van der Waals surface area contributed by atoms with Crippen LogP contribution in [0.1, 0.15) is 38.5 Å². The van der Waals surface area contributed by atoms with Crippen molar-refractivity contribution < 1.29 is 18.9 Å². The van der Waals surface area contributed by atoms with Crippen LogP contribution in [0, 0.1) is 0 Å². The first-order valence-corrected chi connectivity index (χ1v) is 14.2. The lowest BCUT2D eigenvalue weighted by atomic mass is 10.1. The number of methoxy groups -OCH3 is 4. The molecular weight excluding hydrogens is 551 g/mol. The average molecular weight is 588 g/mol. The van der Waals surface area contributed by atoms with Gasteiger partial charge in [-0.05, 0) is 49.2 Å². The van der Waals surface area contributed by atoms with Crippen molar-refractivity contribution in [2.24, 2.45) is 0 Å². The van der Waals surface area contributed by atoms with Crippen molar-refractivity contribution in [3.8, 4) is 23.0 Å². The van der Waals surface area contributed by atoms with Crippen molar-refractivity contribution in [1.29, 1.82) is 0 Å². The second-order valence-electron chi connectivity index (χ2n) is 9.34. The summed E-state index contributed by atoms with van der Waals surface area (Å²) in [6, 6.07) is 11.0. The van der Waals surface area contributed by atoms with E-state index in [1.54, 1.807) is 28.4 Å². The van der Waals surface area contributed by atoms with Crippen LogP contribution in [0.4, 0.5) is 11.6 Å². The van der Waals surface area contributed by atoms with Crippen molar-refractivity contribution in [3.05, 3.63) is 46.4 Å². The highest BCUT2D eigenvalue weighted by molar-refractivity contribution is 6.37. The zero-order chi connectivity index (χ0) is 28.5. The molecule has 0 saturated carbocycles. The maximum absolute atomic E-state index is 6.55. The number of hydrogen-bond donors (Lipinski definition) is 2. The lowest BCUT2D eigenvalue weighted by Gasteiger charge is -2.13. The molecule has 4 rings (SSSR count). The van der Waals surface area contributed by atoms with Gasteiger partial charge in [0.1, 0.15) is 45.7 Å². The Bertz CT molecular complexity index is 1340. The van der Waals surface area contributed by atoms with Crippen molar-refractivity contribution in [3.63, 3.8) is 0 Å². The van der Waals surface area contributed by atoms with Gasteiger partial charge in [0.25, 0.3) is 0 Å². The molecule has 40 heavy (non-hydrogen) atoms. The number of anilines is 2. The predicted octanol–water partition coefficient (Wildman–Crippen LogP) is 7.99. The number of nitrogens with zero attached hydrogens (tertiary/aromatic N) is 2. The Kier molecular flexibility index (Phi) is 10.6. The Labute approximate surface area is 245 Å². The van der Waals surface area contributed by atoms with Crippen molar-refractivity contribution in [2.45, 2.75) is 38.5 Å². The lowest BCUT2D eigenvalue weighted by molar-refractivity contribution is 0.410. The number of pyridine rings is 2. The number of ether oxygens (including phenoxy) is 4. The summed E-state index contributed by atoms with van der Waals surface area (Å²) in [6.45, 7) is 1.65. The van der Waals surface area contributed by atoms with E-state index in [0.29, 0.717) is 44.1 Å². The zero-order valence-corrected chi connectivity index (χ0v) is 24.9. The minimum atomic E-state index is 0.580. The first-order chi connectivity index (χ1) is 19.5. The fraction of sp³-hybridized carbons (Fsp3) is 0.400. The number of aromatic nitrogens is 2. The number of nitrogens with one attached hydrogen (secondary N) is 2. The Hall–Kier alpha value is -3.36. The number of rotatable bonds is 15. The molecule has 0 bridgehead atoms. The first kappa shape index (κ1) is 29.6. The molecule has 2 heterocycles. The summed E-state index contributed by atoms with van der Waals surface area (Å²) in [7, 11) is 6.48. The standard InChI is InChI=1S/C30H36Cl2N4O4/c1-37-21-11-13-23(39-3)29-27(21)19(31)17-25(35-29)33-15-9-7-5-6-8-10-16-34-26-18-20(32)28-22(38-2)12-14-24(40-4)30(28)36-26/h11-14,17-18H,5-10,15-16H2,1-4H3,(H,33,35)(H,34,36). The van der Waals surface area contributed by atoms with E-state index in [1.165, 1.54) is 12.8 Å². The average Bonchev–Trinajstić information content (AvgIpc) is 2.96. The third-order valence-corrected chi connectivity index (χ3v) is 7.37. The molecule has 8 nitrogen and oxygen atoms in total. The van der Waals surface area contributed by atoms with Crippen LogP contribution in [0.15, 0.2) is 36.4 Å². The van der Waals surface area contributed by atoms with Gasteiger partial charge in [-0.1, -0.05) is 48.9 Å². The second kappa shape index (κ2) is 14.3. The van der Waals surface area contributed by atoms with Crippen LogP contribution in [0.5, 0.6) is 23.0 Å². The Morgan fingerprint density at radius 2 is 0.900 bits per heavy atom. The van der Waals surface area contributed by atoms with Crippen LogP contribution in [0.25, 0.3) is 21.8 Å². The molecule has 0 amide bonds. The molecule has 0 aliphatic heterocycles. The van der Waals surface area contributed by atoms with Gasteiger partial charge in [0.05, 0.1) is 49.3 Å². The van der Waals surface area contributed by atoms with Crippen LogP contribution >= 0.6 is 23.2 Å². The predicted molar refractivity (Wildman–Crippen MR) is 164 cm³/mol. The molecule has 0 saturated heterocycles. The van der Waals surface area contributed by atoms with Crippen LogP contribution in [0.3, 0.4) is 0 Å². The Morgan fingerprint density at radius 3 is 1.27 bits per heavy atom. The first-order valence-electron chi connectivity index (χ1n) is 13.4. The molecule has 0 aliphatic carbocycles. The molecule has 2 N–H and O–H groups in total. The second-order valence-corrected chi connectivity index (χ2v) is 10.2. The minimum absolute atomic E-state index is 0.580. The van der Waals surface area contributed by atoms with Gasteiger partial charge in [0.15, 0.2) is 0 Å². The number of unbranched alkanes of at least 4 members (excludes halogenated alkanes) is 5. The van der Waals surface area contributed by atoms with E-state index >= 15 is 0 Å². The number of fused-ring (bicyclic) bond motifs is 2. The molecule has 10 heteroatoms. The summed E-state index contributed by atoms with van der Waals surface area (Å²) in [6.07, 6.45) is 6.74. The van der Waals surface area contributed by atoms with Gasteiger partial charge < -0.3 is 29.6 Å². The van der Waals surface area contributed by atoms with E-state index in [0.717, 1.165) is 61.2 Å². The zero-order valence-electron chi connectivity index (χ0n) is 23.4. The van der Waals surface area contributed by atoms with Gasteiger partial charge in [-0.3, -0.25) is 0 Å². The van der Waals surface area contributed by atoms with Gasteiger partial charge in [-0.2, -0.15) is 0 Å². The molecule has 4 aromatic rings. The number of hydrogen-bond acceptors (Lipinski definition) is 8. The summed E-state index contributed by atoms with van der Waals surface area (Å²) in [5, 5.41) is 9.45. The number of halogens is 2. The summed E-state index contributed by atoms with van der Waals surface area (Å²) in [5.41, 5.74) is 1.37. The molecule has 214 valence electrons. The van der Waals surface area contributed by atoms with Crippen molar-refractivity contribution in [1.82, 2.24) is 9.97 Å². The van der Waals surface area contributed by atoms with Gasteiger partial charge in [0, 0.05) is 13.1 Å². The molecule has 0 radical (unpaired) electrons. The molecule has 0 aliphatic rings. The fourth-order valence-corrected chi connectivity index (χ4v) is 5.29. The highest BCUT2D eigenvalue weighted by Gasteiger charge is 2.15. The highest BCUT2D eigenvalue weighted by Crippen LogP contribution is 2.39. The monoisotopic (exact) mass is 586 g/mol. The minimum Gasteiger partial charge on any atom is -0.496 e. The SMILES string of the molecule is COc1ccc(OC)c2c(Cl)cc(NCCCCCCCCNc3cc(Cl)c4c(OC)ccc(OC)c4n3)nc12. The van der Waals surface area contributed by atoms with Crippen LogP contribution in [-0.2, 0) is 0 Å². The largest absolute Gasteiger partial charge is 0.496 e. The summed E-state index contributed by atoms with van der Waals surface area (Å²) < 4.78 is 21.8. The molecule has 2 aromatic heterocycles. The highest BCUT2D eigenvalue weighted by atomic mass is 35.5. The van der Waals surface area contributed by atoms with Crippen molar-refractivity contribution in [2.75, 3.05) is 52.2 Å². The Balaban J connectivity index is 1.17. The smallest absolute Gasteiger partial charge is 0.145 e. The van der Waals surface area contributed by atoms with Crippen LogP contribution < -0.4 is 29.6 Å². The van der Waals surface area contributed by atoms with Gasteiger partial charge in [-0.15, -0.1) is 0 Å². The van der Waals surface area contributed by atoms with Gasteiger partial charge in [-0.25, -0.2) is 9.97 Å². The molecule has 0 spiro atoms. The van der Waals surface area contributed by atoms with Crippen LogP contribution in [-0.4, -0.2) is 51.5 Å². The molecule has 0 fully saturated rings. The molecule has 0 unspecified atom stereocenters. The third-order valence-electron chi connectivity index (χ3n) is 6.77. The maximum Gasteiger partial charge on any atom is 0.145 e.